The second kappa shape index (κ2) is 16.0. The molecule has 6 aromatic rings. The maximum absolute atomic E-state index is 15.3. The lowest BCUT2D eigenvalue weighted by Gasteiger charge is -2.32. The number of aromatic nitrogens is 8. The predicted octanol–water partition coefficient (Wildman–Crippen LogP) is 5.35. The Morgan fingerprint density at radius 3 is 2.00 bits per heavy atom. The summed E-state index contributed by atoms with van der Waals surface area (Å²) in [6.45, 7) is 11.1. The van der Waals surface area contributed by atoms with Crippen LogP contribution in [0.15, 0.2) is 42.7 Å². The maximum atomic E-state index is 15.3. The van der Waals surface area contributed by atoms with Gasteiger partial charge in [0, 0.05) is 74.4 Å². The van der Waals surface area contributed by atoms with Crippen LogP contribution >= 0.6 is 0 Å². The molecule has 1 aromatic carbocycles. The molecule has 0 bridgehead atoms. The lowest BCUT2D eigenvalue weighted by atomic mass is 10.0. The van der Waals surface area contributed by atoms with Crippen LogP contribution in [-0.4, -0.2) is 88.2 Å². The van der Waals surface area contributed by atoms with Crippen molar-refractivity contribution in [3.8, 4) is 6.07 Å². The van der Waals surface area contributed by atoms with E-state index in [4.69, 9.17) is 21.4 Å². The van der Waals surface area contributed by atoms with E-state index < -0.39 is 0 Å². The number of nitrogen functional groups attached to an aromatic ring is 2. The smallest absolute Gasteiger partial charge is 0.311 e. The van der Waals surface area contributed by atoms with Gasteiger partial charge in [-0.3, -0.25) is 14.9 Å². The van der Waals surface area contributed by atoms with Crippen LogP contribution in [0.3, 0.4) is 0 Å². The molecule has 56 heavy (non-hydrogen) atoms. The first-order valence-corrected chi connectivity index (χ1v) is 19.1. The molecule has 5 aromatic heterocycles. The van der Waals surface area contributed by atoms with Crippen molar-refractivity contribution >= 4 is 45.6 Å². The molecule has 0 unspecified atom stereocenters. The van der Waals surface area contributed by atoms with E-state index >= 15 is 4.39 Å². The van der Waals surface area contributed by atoms with Gasteiger partial charge in [0.2, 0.25) is 11.9 Å². The first-order valence-electron chi connectivity index (χ1n) is 19.1. The molecule has 2 saturated heterocycles. The molecule has 8 rings (SSSR count). The fourth-order valence-corrected chi connectivity index (χ4v) is 7.79. The summed E-state index contributed by atoms with van der Waals surface area (Å²) in [6, 6.07) is 12.5. The number of rotatable bonds is 9. The van der Waals surface area contributed by atoms with Crippen LogP contribution in [0.1, 0.15) is 64.9 Å². The molecule has 7 heterocycles. The third-order valence-electron chi connectivity index (χ3n) is 10.7. The fourth-order valence-electron chi connectivity index (χ4n) is 7.79. The van der Waals surface area contributed by atoms with E-state index in [1.807, 2.05) is 57.4 Å². The molecule has 0 atom stereocenters. The van der Waals surface area contributed by atoms with Crippen LogP contribution in [0.5, 0.6) is 0 Å². The number of nitrogens with two attached hydrogens (primary N) is 2. The molecular formula is C40H47FN15+. The number of piperidine rings is 2. The van der Waals surface area contributed by atoms with Gasteiger partial charge in [0.25, 0.3) is 0 Å². The summed E-state index contributed by atoms with van der Waals surface area (Å²) in [4.78, 5) is 36.9. The summed E-state index contributed by atoms with van der Waals surface area (Å²) in [6.07, 6.45) is 7.47. The highest BCUT2D eigenvalue weighted by molar-refractivity contribution is 5.90. The predicted molar refractivity (Wildman–Crippen MR) is 217 cm³/mol. The Balaban J connectivity index is 0.845. The van der Waals surface area contributed by atoms with Crippen molar-refractivity contribution in [1.82, 2.24) is 49.9 Å². The van der Waals surface area contributed by atoms with E-state index in [-0.39, 0.29) is 24.4 Å². The second-order valence-corrected chi connectivity index (χ2v) is 15.0. The number of halogens is 1. The van der Waals surface area contributed by atoms with Crippen LogP contribution < -0.4 is 22.1 Å². The molecule has 0 spiro atoms. The van der Waals surface area contributed by atoms with Crippen LogP contribution in [0.4, 0.5) is 27.9 Å². The maximum Gasteiger partial charge on any atom is 0.311 e. The van der Waals surface area contributed by atoms with E-state index in [2.05, 4.69) is 61.5 Å². The van der Waals surface area contributed by atoms with Crippen molar-refractivity contribution in [2.45, 2.75) is 78.2 Å². The van der Waals surface area contributed by atoms with E-state index in [1.54, 1.807) is 0 Å². The minimum absolute atomic E-state index is 0.184. The van der Waals surface area contributed by atoms with E-state index in [0.717, 1.165) is 86.0 Å². The Hall–Kier alpha value is -6.05. The highest BCUT2D eigenvalue weighted by atomic mass is 19.1. The monoisotopic (exact) mass is 756 g/mol. The topological polar surface area (TPSA) is 193 Å². The normalized spacial score (nSPS) is 15.9. The number of aryl methyl sites for hydroxylation is 3. The van der Waals surface area contributed by atoms with E-state index in [0.29, 0.717) is 58.2 Å². The van der Waals surface area contributed by atoms with Gasteiger partial charge in [-0.15, -0.1) is 0 Å². The largest absolute Gasteiger partial charge is 0.383 e. The molecule has 7 N–H and O–H groups in total. The van der Waals surface area contributed by atoms with E-state index in [1.165, 1.54) is 11.6 Å². The zero-order valence-corrected chi connectivity index (χ0v) is 32.0. The number of likely N-dealkylation sites (tertiary alicyclic amines) is 2. The summed E-state index contributed by atoms with van der Waals surface area (Å²) in [7, 11) is 0. The SMILES string of the molecule is Cc1cc(C)c2c(N)nc(NC3CCN(Cc4ccc(C#[N+]Cc5cc(C)c6c(N)nc(NC7CCN(Cc8cn[nH]c8)CC7)nc6n5)cc4F)CC3)nc2n1. The lowest BCUT2D eigenvalue weighted by Crippen LogP contribution is -2.39. The number of benzene rings is 1. The highest BCUT2D eigenvalue weighted by Gasteiger charge is 2.23. The number of hydrogen-bond acceptors (Lipinski definition) is 13. The second-order valence-electron chi connectivity index (χ2n) is 15.0. The minimum atomic E-state index is -0.279. The minimum Gasteiger partial charge on any atom is -0.383 e. The van der Waals surface area contributed by atoms with Crippen molar-refractivity contribution in [1.29, 1.82) is 0 Å². The van der Waals surface area contributed by atoms with Crippen LogP contribution in [0.25, 0.3) is 26.9 Å². The van der Waals surface area contributed by atoms with Gasteiger partial charge in [0.1, 0.15) is 28.7 Å². The number of pyridine rings is 2. The quantitative estimate of drug-likeness (QED) is 0.127. The van der Waals surface area contributed by atoms with Crippen molar-refractivity contribution in [3.05, 3.63) is 92.6 Å². The number of nitrogens with one attached hydrogen (secondary N) is 3. The van der Waals surface area contributed by atoms with Gasteiger partial charge in [-0.25, -0.2) is 14.4 Å². The third-order valence-corrected chi connectivity index (χ3v) is 10.7. The number of fused-ring (bicyclic) bond motifs is 2. The van der Waals surface area contributed by atoms with Gasteiger partial charge in [-0.1, -0.05) is 10.9 Å². The Bertz CT molecular complexity index is 2430. The Kier molecular flexibility index (Phi) is 10.5. The average molecular weight is 757 g/mol. The first kappa shape index (κ1) is 36.9. The number of H-pyrrole nitrogens is 1. The van der Waals surface area contributed by atoms with Gasteiger partial charge in [0.05, 0.1) is 17.0 Å². The molecule has 2 fully saturated rings. The molecule has 0 amide bonds. The van der Waals surface area contributed by atoms with Crippen molar-refractivity contribution in [2.75, 3.05) is 48.3 Å². The lowest BCUT2D eigenvalue weighted by molar-refractivity contribution is 0.208. The molecule has 15 nitrogen and oxygen atoms in total. The molecule has 288 valence electrons. The molecular weight excluding hydrogens is 710 g/mol. The standard InChI is InChI=1S/C40H47FN15/c1-23-14-25(3)47-37-33(23)35(42)51-39(53-37)49-30-8-12-56(13-9-30)22-28-5-4-26(16-32(28)41)17-44-20-31-15-24(2)34-36(43)52-40(54-38(34)48-31)50-29-6-10-55(11-7-29)21-27-18-45-46-19-27/h4-5,14-16,18-19,29-30H,6-13,20-22H2,1-3H3,(H,45,46)(H3,42,47,49,51,53)(H3,43,48,50,52,54)/q+1. The summed E-state index contributed by atoms with van der Waals surface area (Å²) >= 11 is 0. The third kappa shape index (κ3) is 8.43. The van der Waals surface area contributed by atoms with Gasteiger partial charge in [0.15, 0.2) is 11.3 Å². The van der Waals surface area contributed by atoms with Crippen molar-refractivity contribution < 1.29 is 4.39 Å². The molecule has 16 heteroatoms. The summed E-state index contributed by atoms with van der Waals surface area (Å²) in [5, 5.41) is 15.4. The van der Waals surface area contributed by atoms with Crippen LogP contribution in [-0.2, 0) is 19.6 Å². The zero-order valence-electron chi connectivity index (χ0n) is 32.0. The molecule has 0 radical (unpaired) electrons. The molecule has 2 aliphatic heterocycles. The summed E-state index contributed by atoms with van der Waals surface area (Å²) < 4.78 is 15.3. The number of nitrogens with zero attached hydrogens (tertiary/aromatic N) is 10. The molecule has 0 aliphatic carbocycles. The van der Waals surface area contributed by atoms with E-state index in [9.17, 15) is 0 Å². The van der Waals surface area contributed by atoms with Crippen molar-refractivity contribution in [3.63, 3.8) is 0 Å². The fraction of sp³-hybridized carbons (Fsp3) is 0.400. The van der Waals surface area contributed by atoms with Gasteiger partial charge < -0.3 is 22.1 Å². The summed E-state index contributed by atoms with van der Waals surface area (Å²) in [5.41, 5.74) is 19.7. The number of aromatic amines is 1. The zero-order chi connectivity index (χ0) is 38.8. The summed E-state index contributed by atoms with van der Waals surface area (Å²) in [5.74, 6) is 1.50. The first-order chi connectivity index (χ1) is 27.1. The highest BCUT2D eigenvalue weighted by Crippen LogP contribution is 2.26. The van der Waals surface area contributed by atoms with Crippen LogP contribution in [0, 0.1) is 32.7 Å². The molecule has 0 saturated carbocycles. The average Bonchev–Trinajstić information content (AvgIpc) is 3.67. The van der Waals surface area contributed by atoms with Gasteiger partial charge in [-0.2, -0.15) is 25.0 Å². The number of anilines is 4. The Morgan fingerprint density at radius 2 is 1.39 bits per heavy atom. The molecule has 2 aliphatic rings. The Labute approximate surface area is 324 Å². The van der Waals surface area contributed by atoms with Crippen molar-refractivity contribution in [2.24, 2.45) is 0 Å². The van der Waals surface area contributed by atoms with Gasteiger partial charge >= 0.3 is 12.6 Å². The van der Waals surface area contributed by atoms with Gasteiger partial charge in [-0.05, 0) is 81.8 Å². The Morgan fingerprint density at radius 1 is 0.786 bits per heavy atom. The number of hydrogen-bond donors (Lipinski definition) is 5. The van der Waals surface area contributed by atoms with Crippen LogP contribution in [0.2, 0.25) is 0 Å².